The molecular formula is C24H17ClF5N3O4. The molecule has 0 saturated heterocycles. The minimum absolute atomic E-state index is 0.138. The van der Waals surface area contributed by atoms with Crippen molar-refractivity contribution in [2.24, 2.45) is 5.92 Å². The lowest BCUT2D eigenvalue weighted by molar-refractivity contribution is -0.189. The number of esters is 1. The van der Waals surface area contributed by atoms with Gasteiger partial charge in [0.15, 0.2) is 6.10 Å². The summed E-state index contributed by atoms with van der Waals surface area (Å²) in [6.07, 6.45) is -3.69. The van der Waals surface area contributed by atoms with Gasteiger partial charge in [-0.05, 0) is 44.0 Å². The average Bonchev–Trinajstić information content (AvgIpc) is 3.68. The van der Waals surface area contributed by atoms with Crippen molar-refractivity contribution in [1.82, 2.24) is 9.97 Å². The van der Waals surface area contributed by atoms with Crippen LogP contribution in [-0.2, 0) is 4.79 Å². The molecule has 13 heteroatoms. The number of carbonyl (C=O) groups excluding carboxylic acids is 2. The molecule has 1 aromatic heterocycles. The van der Waals surface area contributed by atoms with Gasteiger partial charge in [0.25, 0.3) is 5.91 Å². The summed E-state index contributed by atoms with van der Waals surface area (Å²) in [4.78, 5) is 32.4. The van der Waals surface area contributed by atoms with Crippen molar-refractivity contribution in [2.45, 2.75) is 32.0 Å². The van der Waals surface area contributed by atoms with E-state index in [0.29, 0.717) is 25.8 Å². The van der Waals surface area contributed by atoms with Gasteiger partial charge in [0.2, 0.25) is 5.88 Å². The molecule has 7 nitrogen and oxygen atoms in total. The van der Waals surface area contributed by atoms with Gasteiger partial charge in [0.1, 0.15) is 17.4 Å². The average molecular weight is 542 g/mol. The molecule has 1 heterocycles. The Labute approximate surface area is 211 Å². The summed E-state index contributed by atoms with van der Waals surface area (Å²) < 4.78 is 78.8. The number of alkyl halides is 3. The van der Waals surface area contributed by atoms with Crippen LogP contribution in [0.1, 0.15) is 30.1 Å². The molecule has 1 saturated carbocycles. The maximum atomic E-state index is 15.1. The Morgan fingerprint density at radius 2 is 1.84 bits per heavy atom. The topological polar surface area (TPSA) is 90.4 Å². The van der Waals surface area contributed by atoms with E-state index in [1.807, 2.05) is 0 Å². The predicted octanol–water partition coefficient (Wildman–Crippen LogP) is 5.97. The van der Waals surface area contributed by atoms with E-state index in [0.717, 1.165) is 24.5 Å². The van der Waals surface area contributed by atoms with Crippen LogP contribution < -0.4 is 14.8 Å². The molecule has 4 rings (SSSR count). The van der Waals surface area contributed by atoms with Crippen molar-refractivity contribution in [3.05, 3.63) is 64.9 Å². The zero-order chi connectivity index (χ0) is 26.9. The molecule has 0 bridgehead atoms. The fourth-order valence-corrected chi connectivity index (χ4v) is 3.30. The Morgan fingerprint density at radius 1 is 1.11 bits per heavy atom. The highest BCUT2D eigenvalue weighted by molar-refractivity contribution is 6.34. The first-order chi connectivity index (χ1) is 17.4. The van der Waals surface area contributed by atoms with Crippen LogP contribution in [-0.4, -0.2) is 34.1 Å². The second-order valence-electron chi connectivity index (χ2n) is 8.12. The number of nitrogens with one attached hydrogen (secondary N) is 1. The number of aromatic nitrogens is 2. The number of hydrogen-bond donors (Lipinski definition) is 1. The second kappa shape index (κ2) is 10.3. The van der Waals surface area contributed by atoms with E-state index in [2.05, 4.69) is 15.3 Å². The van der Waals surface area contributed by atoms with Crippen molar-refractivity contribution >= 4 is 29.2 Å². The Hall–Kier alpha value is -3.80. The summed E-state index contributed by atoms with van der Waals surface area (Å²) in [6.45, 7) is 0.696. The standard InChI is InChI=1S/C24H17ClF5N3O4/c1-11(24(28,29)30)36-19-8-13(18-9-32-20(10-31-18)37-23(35)12-5-6-12)17(27)7-14(19)22(34)33-21-15(25)3-2-4-16(21)26/h2-4,7-12H,5-6H2,1H3,(H,33,34)/t11-/m0/s1. The normalized spacial score (nSPS) is 14.1. The summed E-state index contributed by atoms with van der Waals surface area (Å²) in [6, 6.07) is 5.02. The molecule has 1 N–H and O–H groups in total. The Balaban J connectivity index is 1.68. The van der Waals surface area contributed by atoms with Crippen LogP contribution in [0.5, 0.6) is 11.6 Å². The number of nitrogens with zero attached hydrogens (tertiary/aromatic N) is 2. The zero-order valence-corrected chi connectivity index (χ0v) is 19.7. The van der Waals surface area contributed by atoms with Crippen LogP contribution in [0.15, 0.2) is 42.7 Å². The van der Waals surface area contributed by atoms with Crippen LogP contribution in [0.25, 0.3) is 11.3 Å². The zero-order valence-electron chi connectivity index (χ0n) is 18.9. The SMILES string of the molecule is C[C@H](Oc1cc(-c2cnc(OC(=O)C3CC3)cn2)c(F)cc1C(=O)Nc1c(F)cccc1Cl)C(F)(F)F. The van der Waals surface area contributed by atoms with Gasteiger partial charge < -0.3 is 14.8 Å². The first kappa shape index (κ1) is 26.3. The molecule has 1 atom stereocenters. The number of benzene rings is 2. The second-order valence-corrected chi connectivity index (χ2v) is 8.52. The molecule has 0 unspecified atom stereocenters. The summed E-state index contributed by atoms with van der Waals surface area (Å²) in [7, 11) is 0. The highest BCUT2D eigenvalue weighted by atomic mass is 35.5. The third-order valence-corrected chi connectivity index (χ3v) is 5.61. The Bertz CT molecular complexity index is 1330. The summed E-state index contributed by atoms with van der Waals surface area (Å²) >= 11 is 5.89. The lowest BCUT2D eigenvalue weighted by Crippen LogP contribution is -2.32. The minimum Gasteiger partial charge on any atom is -0.480 e. The van der Waals surface area contributed by atoms with Crippen molar-refractivity contribution in [1.29, 1.82) is 0 Å². The molecule has 194 valence electrons. The summed E-state index contributed by atoms with van der Waals surface area (Å²) in [5.74, 6) is -4.62. The number of ether oxygens (including phenoxy) is 2. The number of halogens is 6. The minimum atomic E-state index is -4.82. The quantitative estimate of drug-likeness (QED) is 0.293. The molecule has 2 aromatic carbocycles. The van der Waals surface area contributed by atoms with E-state index in [-0.39, 0.29) is 28.1 Å². The molecule has 0 spiro atoms. The Kier molecular flexibility index (Phi) is 7.30. The van der Waals surface area contributed by atoms with Crippen LogP contribution in [0.3, 0.4) is 0 Å². The van der Waals surface area contributed by atoms with E-state index in [1.54, 1.807) is 0 Å². The molecule has 1 aliphatic rings. The molecule has 0 radical (unpaired) electrons. The largest absolute Gasteiger partial charge is 0.480 e. The van der Waals surface area contributed by atoms with Gasteiger partial charge in [0, 0.05) is 5.56 Å². The number of amides is 1. The summed E-state index contributed by atoms with van der Waals surface area (Å²) in [5, 5.41) is 1.94. The number of rotatable bonds is 7. The number of carbonyl (C=O) groups is 2. The first-order valence-electron chi connectivity index (χ1n) is 10.8. The van der Waals surface area contributed by atoms with Gasteiger partial charge in [0.05, 0.1) is 40.3 Å². The lowest BCUT2D eigenvalue weighted by atomic mass is 10.1. The fraction of sp³-hybridized carbons (Fsp3) is 0.250. The van der Waals surface area contributed by atoms with Gasteiger partial charge in [-0.25, -0.2) is 18.7 Å². The maximum Gasteiger partial charge on any atom is 0.425 e. The summed E-state index contributed by atoms with van der Waals surface area (Å²) in [5.41, 5.74) is -1.59. The van der Waals surface area contributed by atoms with E-state index in [4.69, 9.17) is 21.1 Å². The van der Waals surface area contributed by atoms with E-state index < -0.39 is 52.8 Å². The molecule has 3 aromatic rings. The van der Waals surface area contributed by atoms with Crippen molar-refractivity contribution in [3.8, 4) is 22.9 Å². The molecule has 1 fully saturated rings. The van der Waals surface area contributed by atoms with Crippen LogP contribution in [0.2, 0.25) is 5.02 Å². The van der Waals surface area contributed by atoms with E-state index in [1.165, 1.54) is 12.1 Å². The number of hydrogen-bond acceptors (Lipinski definition) is 6. The first-order valence-corrected chi connectivity index (χ1v) is 11.2. The van der Waals surface area contributed by atoms with E-state index in [9.17, 15) is 27.2 Å². The van der Waals surface area contributed by atoms with Crippen molar-refractivity contribution in [3.63, 3.8) is 0 Å². The van der Waals surface area contributed by atoms with Crippen LogP contribution in [0.4, 0.5) is 27.6 Å². The molecule has 37 heavy (non-hydrogen) atoms. The highest BCUT2D eigenvalue weighted by Crippen LogP contribution is 2.35. The molecule has 1 amide bonds. The van der Waals surface area contributed by atoms with Crippen LogP contribution in [0, 0.1) is 17.6 Å². The highest BCUT2D eigenvalue weighted by Gasteiger charge is 2.39. The third-order valence-electron chi connectivity index (χ3n) is 5.30. The van der Waals surface area contributed by atoms with E-state index >= 15 is 4.39 Å². The van der Waals surface area contributed by atoms with Crippen LogP contribution >= 0.6 is 11.6 Å². The number of anilines is 1. The van der Waals surface area contributed by atoms with Gasteiger partial charge in [-0.15, -0.1) is 0 Å². The third kappa shape index (κ3) is 6.13. The fourth-order valence-electron chi connectivity index (χ4n) is 3.09. The van der Waals surface area contributed by atoms with Gasteiger partial charge in [-0.3, -0.25) is 9.59 Å². The lowest BCUT2D eigenvalue weighted by Gasteiger charge is -2.20. The predicted molar refractivity (Wildman–Crippen MR) is 121 cm³/mol. The van der Waals surface area contributed by atoms with Gasteiger partial charge in [-0.1, -0.05) is 17.7 Å². The van der Waals surface area contributed by atoms with Gasteiger partial charge in [-0.2, -0.15) is 13.2 Å². The van der Waals surface area contributed by atoms with Gasteiger partial charge >= 0.3 is 12.1 Å². The monoisotopic (exact) mass is 541 g/mol. The van der Waals surface area contributed by atoms with Crippen molar-refractivity contribution < 1.29 is 41.0 Å². The number of para-hydroxylation sites is 1. The smallest absolute Gasteiger partial charge is 0.425 e. The molecule has 0 aliphatic heterocycles. The van der Waals surface area contributed by atoms with Crippen molar-refractivity contribution in [2.75, 3.05) is 5.32 Å². The molecular weight excluding hydrogens is 525 g/mol. The Morgan fingerprint density at radius 3 is 2.43 bits per heavy atom. The molecule has 1 aliphatic carbocycles. The maximum absolute atomic E-state index is 15.1.